The number of ketones is 1. The van der Waals surface area contributed by atoms with E-state index in [1.807, 2.05) is 52.8 Å². The molecule has 0 radical (unpaired) electrons. The van der Waals surface area contributed by atoms with Gasteiger partial charge in [0.25, 0.3) is 5.91 Å². The van der Waals surface area contributed by atoms with E-state index in [1.165, 1.54) is 31.2 Å². The lowest BCUT2D eigenvalue weighted by Gasteiger charge is -2.56. The van der Waals surface area contributed by atoms with Gasteiger partial charge in [0.1, 0.15) is 41.2 Å². The molecule has 4 amide bonds. The summed E-state index contributed by atoms with van der Waals surface area (Å²) in [6.07, 6.45) is 13.8. The zero-order valence-electron chi connectivity index (χ0n) is 49.0. The van der Waals surface area contributed by atoms with E-state index in [0.717, 1.165) is 43.4 Å². The van der Waals surface area contributed by atoms with E-state index in [2.05, 4.69) is 34.4 Å². The van der Waals surface area contributed by atoms with E-state index < -0.39 is 107 Å². The van der Waals surface area contributed by atoms with Crippen LogP contribution in [0.2, 0.25) is 0 Å². The van der Waals surface area contributed by atoms with E-state index in [9.17, 15) is 58.7 Å². The number of aliphatic hydroxyl groups is 4. The third-order valence-electron chi connectivity index (χ3n) is 16.7. The molecule has 1 aromatic carbocycles. The SMILES string of the molecule is CCC1CC(C)C2(NC1=O)OC(CC(O)C(C)CCC=CC=C(C)CCC=CC=CC(O)C(C)C(O)C(CCC(C)=O)C(=O)NC(C(=O)NC(Cc1cc(O)cc(F)c1)C(=O)N1CCCC(C(=O)OC)N1)C(C)C)C(C)C(O)C2C. The Morgan fingerprint density at radius 2 is 1.65 bits per heavy atom. The van der Waals surface area contributed by atoms with Crippen molar-refractivity contribution in [3.05, 3.63) is 77.7 Å². The number of Topliss-reactive ketones (excluding diaryl/α,β-unsaturated/α-hetero) is 1. The van der Waals surface area contributed by atoms with Crippen molar-refractivity contribution in [1.29, 1.82) is 0 Å². The molecule has 80 heavy (non-hydrogen) atoms. The number of nitrogens with zero attached hydrogens (tertiary/aromatic N) is 1. The maximum atomic E-state index is 14.4. The van der Waals surface area contributed by atoms with Crippen molar-refractivity contribution < 1.29 is 68.2 Å². The number of nitrogens with one attached hydrogen (secondary N) is 4. The van der Waals surface area contributed by atoms with Crippen LogP contribution in [0.3, 0.4) is 0 Å². The maximum Gasteiger partial charge on any atom is 0.324 e. The Morgan fingerprint density at radius 1 is 0.950 bits per heavy atom. The summed E-state index contributed by atoms with van der Waals surface area (Å²) in [5.74, 6) is -7.51. The minimum absolute atomic E-state index is 0.0130. The number of rotatable bonds is 28. The molecule has 1 aromatic rings. The van der Waals surface area contributed by atoms with Crippen molar-refractivity contribution in [2.24, 2.45) is 47.3 Å². The Kier molecular flexibility index (Phi) is 26.7. The summed E-state index contributed by atoms with van der Waals surface area (Å²) in [5.41, 5.74) is 3.20. The monoisotopic (exact) mass is 1120 g/mol. The Labute approximate surface area is 473 Å². The van der Waals surface area contributed by atoms with Crippen LogP contribution < -0.4 is 21.4 Å². The molecule has 0 bridgehead atoms. The molecule has 1 spiro atoms. The molecule has 4 rings (SSSR count). The minimum Gasteiger partial charge on any atom is -0.508 e. The van der Waals surface area contributed by atoms with E-state index >= 15 is 0 Å². The van der Waals surface area contributed by atoms with Gasteiger partial charge in [0, 0.05) is 61.5 Å². The van der Waals surface area contributed by atoms with Gasteiger partial charge in [-0.25, -0.2) is 9.82 Å². The van der Waals surface area contributed by atoms with Gasteiger partial charge in [-0.2, -0.15) is 0 Å². The van der Waals surface area contributed by atoms with Gasteiger partial charge in [-0.15, -0.1) is 0 Å². The highest BCUT2D eigenvalue weighted by Crippen LogP contribution is 2.46. The standard InChI is InChI=1S/C61H94FN5O13/c1-12-44-29-38(6)61(65-56(44)74)42(10)54(72)41(9)52(80-61)34-51(71)37(5)23-18-15-17-22-36(4)21-16-13-14-19-25-50(70)40(8)55(73)47(27-26-39(7)68)57(75)64-53(35(2)3)58(76)63-49(32-43-30-45(62)33-46(69)31-43)59(77)67-28-20-24-48(66-67)60(78)79-11/h13-15,17,19,22,25,30-31,33,35,37-38,40-42,44,47-55,66,69-73H,12,16,18,20-21,23-24,26-29,32,34H2,1-11H3,(H,63,76)(H,64,75)(H,65,74). The van der Waals surface area contributed by atoms with Gasteiger partial charge in [-0.05, 0) is 101 Å². The molecule has 16 atom stereocenters. The van der Waals surface area contributed by atoms with Crippen molar-refractivity contribution in [2.75, 3.05) is 13.7 Å². The second kappa shape index (κ2) is 31.8. The van der Waals surface area contributed by atoms with Crippen LogP contribution in [-0.4, -0.2) is 134 Å². The number of aliphatic hydroxyl groups excluding tert-OH is 4. The average molecular weight is 1120 g/mol. The lowest BCUT2D eigenvalue weighted by molar-refractivity contribution is -0.267. The first kappa shape index (κ1) is 67.2. The molecule has 448 valence electrons. The van der Waals surface area contributed by atoms with Crippen molar-refractivity contribution in [2.45, 2.75) is 201 Å². The molecule has 18 nitrogen and oxygen atoms in total. The number of ether oxygens (including phenoxy) is 2. The number of allylic oxidation sites excluding steroid dienone is 7. The minimum atomic E-state index is -1.46. The first-order chi connectivity index (χ1) is 37.7. The fraction of sp³-hybridized carbons (Fsp3) is 0.672. The zero-order valence-corrected chi connectivity index (χ0v) is 49.0. The van der Waals surface area contributed by atoms with Gasteiger partial charge < -0.3 is 55.8 Å². The number of hydrogen-bond acceptors (Lipinski definition) is 14. The topological polar surface area (TPSA) is 273 Å². The lowest BCUT2D eigenvalue weighted by atomic mass is 9.69. The zero-order chi connectivity index (χ0) is 59.6. The number of amides is 4. The average Bonchev–Trinajstić information content (AvgIpc) is 3.41. The highest BCUT2D eigenvalue weighted by atomic mass is 19.1. The third-order valence-corrected chi connectivity index (χ3v) is 16.7. The molecule has 16 unspecified atom stereocenters. The summed E-state index contributed by atoms with van der Waals surface area (Å²) in [6, 6.07) is -0.209. The van der Waals surface area contributed by atoms with Crippen LogP contribution in [0.5, 0.6) is 5.75 Å². The van der Waals surface area contributed by atoms with E-state index in [4.69, 9.17) is 9.47 Å². The number of phenolic OH excluding ortho intramolecular Hbond substituents is 1. The van der Waals surface area contributed by atoms with Crippen LogP contribution in [0, 0.1) is 53.2 Å². The number of esters is 1. The molecule has 0 aliphatic carbocycles. The molecule has 3 aliphatic rings. The predicted molar refractivity (Wildman–Crippen MR) is 302 cm³/mol. The Hall–Kier alpha value is -5.31. The molecule has 3 heterocycles. The van der Waals surface area contributed by atoms with E-state index in [0.29, 0.717) is 32.1 Å². The van der Waals surface area contributed by atoms with Crippen LogP contribution in [0.25, 0.3) is 0 Å². The highest BCUT2D eigenvalue weighted by molar-refractivity contribution is 5.93. The van der Waals surface area contributed by atoms with Gasteiger partial charge in [-0.1, -0.05) is 103 Å². The summed E-state index contributed by atoms with van der Waals surface area (Å²) < 4.78 is 25.9. The second-order valence-corrected chi connectivity index (χ2v) is 23.3. The summed E-state index contributed by atoms with van der Waals surface area (Å²) in [6.45, 7) is 18.4. The molecule has 3 fully saturated rings. The van der Waals surface area contributed by atoms with Gasteiger partial charge in [0.2, 0.25) is 17.7 Å². The number of halogens is 1. The largest absolute Gasteiger partial charge is 0.508 e. The molecule has 9 N–H and O–H groups in total. The number of piperidine rings is 1. The normalized spacial score (nSPS) is 26.9. The summed E-state index contributed by atoms with van der Waals surface area (Å²) in [4.78, 5) is 79.7. The van der Waals surface area contributed by atoms with Gasteiger partial charge >= 0.3 is 5.97 Å². The smallest absolute Gasteiger partial charge is 0.324 e. The fourth-order valence-corrected chi connectivity index (χ4v) is 11.2. The quantitative estimate of drug-likeness (QED) is 0.0335. The predicted octanol–water partition coefficient (Wildman–Crippen LogP) is 6.18. The maximum absolute atomic E-state index is 14.4. The van der Waals surface area contributed by atoms with Crippen molar-refractivity contribution >= 4 is 35.4 Å². The number of benzene rings is 1. The third kappa shape index (κ3) is 18.9. The van der Waals surface area contributed by atoms with Crippen LogP contribution in [0.4, 0.5) is 4.39 Å². The second-order valence-electron chi connectivity index (χ2n) is 23.3. The Morgan fingerprint density at radius 3 is 2.30 bits per heavy atom. The number of hydrogen-bond donors (Lipinski definition) is 9. The van der Waals surface area contributed by atoms with Crippen molar-refractivity contribution in [3.63, 3.8) is 0 Å². The molecular weight excluding hydrogens is 1030 g/mol. The fourth-order valence-electron chi connectivity index (χ4n) is 11.2. The highest BCUT2D eigenvalue weighted by Gasteiger charge is 2.57. The molecule has 0 saturated carbocycles. The van der Waals surface area contributed by atoms with Crippen LogP contribution in [0.15, 0.2) is 66.3 Å². The number of carbonyl (C=O) groups excluding carboxylic acids is 6. The molecule has 3 saturated heterocycles. The first-order valence-corrected chi connectivity index (χ1v) is 28.9. The molecule has 0 aromatic heterocycles. The first-order valence-electron chi connectivity index (χ1n) is 28.9. The lowest BCUT2D eigenvalue weighted by Crippen LogP contribution is -2.71. The molecular formula is C61H94FN5O13. The van der Waals surface area contributed by atoms with E-state index in [-0.39, 0.29) is 72.7 Å². The van der Waals surface area contributed by atoms with Gasteiger partial charge in [-0.3, -0.25) is 29.0 Å². The summed E-state index contributed by atoms with van der Waals surface area (Å²) in [5, 5.41) is 65.2. The summed E-state index contributed by atoms with van der Waals surface area (Å²) >= 11 is 0. The Balaban J connectivity index is 1.29. The van der Waals surface area contributed by atoms with Crippen LogP contribution in [-0.2, 0) is 44.7 Å². The van der Waals surface area contributed by atoms with Crippen LogP contribution in [0.1, 0.15) is 145 Å². The van der Waals surface area contributed by atoms with Crippen molar-refractivity contribution in [1.82, 2.24) is 26.4 Å². The Bertz CT molecular complexity index is 2340. The summed E-state index contributed by atoms with van der Waals surface area (Å²) in [7, 11) is 1.22. The van der Waals surface area contributed by atoms with Crippen LogP contribution >= 0.6 is 0 Å². The number of phenols is 1. The van der Waals surface area contributed by atoms with Gasteiger partial charge in [0.05, 0.1) is 43.5 Å². The number of carbonyl (C=O) groups is 6. The number of aromatic hydroxyl groups is 1. The number of methoxy groups -OCH3 is 1. The number of hydrazine groups is 1. The molecule has 19 heteroatoms. The van der Waals surface area contributed by atoms with Crippen molar-refractivity contribution in [3.8, 4) is 5.75 Å². The van der Waals surface area contributed by atoms with E-state index in [1.54, 1.807) is 32.9 Å². The van der Waals surface area contributed by atoms with Gasteiger partial charge in [0.15, 0.2) is 0 Å². The molecule has 3 aliphatic heterocycles.